The van der Waals surface area contributed by atoms with Crippen LogP contribution in [0.2, 0.25) is 5.02 Å². The van der Waals surface area contributed by atoms with Gasteiger partial charge in [-0.25, -0.2) is 4.98 Å². The minimum Gasteiger partial charge on any atom is -0.467 e. The summed E-state index contributed by atoms with van der Waals surface area (Å²) in [6, 6.07) is 1.08. The average Bonchev–Trinajstić information content (AvgIpc) is 2.35. The second kappa shape index (κ2) is 6.39. The first-order valence-corrected chi connectivity index (χ1v) is 6.28. The van der Waals surface area contributed by atoms with Crippen LogP contribution in [-0.4, -0.2) is 35.1 Å². The average molecular weight is 340 g/mol. The molecule has 1 rings (SSSR count). The van der Waals surface area contributed by atoms with Crippen molar-refractivity contribution in [2.75, 3.05) is 6.61 Å². The highest BCUT2D eigenvalue weighted by Gasteiger charge is 2.30. The fourth-order valence-electron chi connectivity index (χ4n) is 1.22. The third-order valence-corrected chi connectivity index (χ3v) is 2.75. The molecular weight excluding hydrogens is 327 g/mol. The summed E-state index contributed by atoms with van der Waals surface area (Å²) in [5.41, 5.74) is 3.74. The van der Waals surface area contributed by atoms with Crippen LogP contribution in [0.5, 0.6) is 5.88 Å². The predicted molar refractivity (Wildman–Crippen MR) is 71.5 cm³/mol. The number of ether oxygens (including phenoxy) is 1. The number of carbonyl (C=O) groups excluding carboxylic acids is 2. The number of amides is 2. The number of halogens is 4. The zero-order chi connectivity index (χ0) is 17.1. The molecule has 0 saturated carbocycles. The van der Waals surface area contributed by atoms with E-state index >= 15 is 0 Å². The van der Waals surface area contributed by atoms with Crippen LogP contribution in [0.4, 0.5) is 13.2 Å². The second-order valence-electron chi connectivity index (χ2n) is 4.86. The van der Waals surface area contributed by atoms with Gasteiger partial charge >= 0.3 is 6.18 Å². The lowest BCUT2D eigenvalue weighted by Crippen LogP contribution is -2.53. The van der Waals surface area contributed by atoms with Crippen LogP contribution >= 0.6 is 11.6 Å². The van der Waals surface area contributed by atoms with Gasteiger partial charge in [-0.05, 0) is 19.9 Å². The number of primary amides is 1. The lowest BCUT2D eigenvalue weighted by Gasteiger charge is -2.22. The van der Waals surface area contributed by atoms with Crippen LogP contribution in [0.25, 0.3) is 0 Å². The van der Waals surface area contributed by atoms with Crippen LogP contribution in [0.1, 0.15) is 24.2 Å². The van der Waals surface area contributed by atoms with E-state index < -0.39 is 36.0 Å². The minimum absolute atomic E-state index is 0.0568. The Hall–Kier alpha value is -2.03. The quantitative estimate of drug-likeness (QED) is 0.853. The molecule has 0 fully saturated rings. The van der Waals surface area contributed by atoms with Gasteiger partial charge in [-0.2, -0.15) is 13.2 Å². The highest BCUT2D eigenvalue weighted by atomic mass is 35.5. The maximum absolute atomic E-state index is 12.0. The normalized spacial score (nSPS) is 11.9. The molecule has 22 heavy (non-hydrogen) atoms. The molecule has 122 valence electrons. The number of pyridine rings is 1. The van der Waals surface area contributed by atoms with Crippen molar-refractivity contribution in [3.05, 3.63) is 22.8 Å². The van der Waals surface area contributed by atoms with Crippen molar-refractivity contribution in [2.24, 2.45) is 5.73 Å². The smallest absolute Gasteiger partial charge is 0.422 e. The third kappa shape index (κ3) is 5.06. The molecule has 0 bridgehead atoms. The molecule has 0 aliphatic rings. The Morgan fingerprint density at radius 3 is 2.45 bits per heavy atom. The summed E-state index contributed by atoms with van der Waals surface area (Å²) in [5, 5.41) is 2.07. The molecule has 2 amide bonds. The first kappa shape index (κ1) is 18.0. The maximum Gasteiger partial charge on any atom is 0.422 e. The van der Waals surface area contributed by atoms with E-state index in [1.807, 2.05) is 0 Å². The van der Waals surface area contributed by atoms with Crippen molar-refractivity contribution in [3.63, 3.8) is 0 Å². The minimum atomic E-state index is -4.54. The van der Waals surface area contributed by atoms with Gasteiger partial charge in [-0.1, -0.05) is 11.6 Å². The van der Waals surface area contributed by atoms with Gasteiger partial charge in [0.2, 0.25) is 11.8 Å². The topological polar surface area (TPSA) is 94.3 Å². The van der Waals surface area contributed by atoms with E-state index in [0.717, 1.165) is 12.3 Å². The molecule has 1 aromatic rings. The van der Waals surface area contributed by atoms with Gasteiger partial charge in [-0.3, -0.25) is 9.59 Å². The highest BCUT2D eigenvalue weighted by Crippen LogP contribution is 2.25. The summed E-state index contributed by atoms with van der Waals surface area (Å²) < 4.78 is 40.5. The van der Waals surface area contributed by atoms with Gasteiger partial charge in [-0.15, -0.1) is 0 Å². The Balaban J connectivity index is 2.85. The number of hydrogen-bond acceptors (Lipinski definition) is 4. The Labute approximate surface area is 128 Å². The largest absolute Gasteiger partial charge is 0.467 e. The molecule has 0 atom stereocenters. The van der Waals surface area contributed by atoms with E-state index in [1.165, 1.54) is 13.8 Å². The second-order valence-corrected chi connectivity index (χ2v) is 5.27. The lowest BCUT2D eigenvalue weighted by molar-refractivity contribution is -0.154. The number of nitrogens with zero attached hydrogens (tertiary/aromatic N) is 1. The Morgan fingerprint density at radius 1 is 1.41 bits per heavy atom. The first-order chi connectivity index (χ1) is 9.92. The number of alkyl halides is 3. The molecule has 0 aromatic carbocycles. The summed E-state index contributed by atoms with van der Waals surface area (Å²) in [6.07, 6.45) is -3.56. The molecular formula is C12H13ClF3N3O3. The van der Waals surface area contributed by atoms with Crippen LogP contribution in [-0.2, 0) is 4.79 Å². The molecule has 1 aromatic heterocycles. The number of hydrogen-bond donors (Lipinski definition) is 2. The molecule has 0 spiro atoms. The summed E-state index contributed by atoms with van der Waals surface area (Å²) in [7, 11) is 0. The lowest BCUT2D eigenvalue weighted by atomic mass is 10.0. The molecule has 0 unspecified atom stereocenters. The van der Waals surface area contributed by atoms with Crippen LogP contribution in [0.15, 0.2) is 12.3 Å². The highest BCUT2D eigenvalue weighted by molar-refractivity contribution is 6.32. The van der Waals surface area contributed by atoms with E-state index in [2.05, 4.69) is 15.0 Å². The molecule has 1 heterocycles. The van der Waals surface area contributed by atoms with Gasteiger partial charge in [0, 0.05) is 6.20 Å². The zero-order valence-electron chi connectivity index (χ0n) is 11.6. The molecule has 0 radical (unpaired) electrons. The van der Waals surface area contributed by atoms with Gasteiger partial charge in [0.1, 0.15) is 10.6 Å². The van der Waals surface area contributed by atoms with E-state index in [-0.39, 0.29) is 10.6 Å². The molecule has 6 nitrogen and oxygen atoms in total. The van der Waals surface area contributed by atoms with E-state index in [9.17, 15) is 22.8 Å². The van der Waals surface area contributed by atoms with Crippen LogP contribution < -0.4 is 15.8 Å². The standard InChI is InChI=1S/C12H13ClF3N3O3/c1-11(2,10(17)21)19-8(20)6-3-7(13)9(18-4-6)22-5-12(14,15)16/h3-4H,5H2,1-2H3,(H2,17,21)(H,19,20). The van der Waals surface area contributed by atoms with Crippen molar-refractivity contribution < 1.29 is 27.5 Å². The maximum atomic E-state index is 12.0. The number of nitrogens with one attached hydrogen (secondary N) is 1. The van der Waals surface area contributed by atoms with Crippen LogP contribution in [0.3, 0.4) is 0 Å². The van der Waals surface area contributed by atoms with E-state index in [4.69, 9.17) is 17.3 Å². The van der Waals surface area contributed by atoms with Gasteiger partial charge in [0.05, 0.1) is 5.56 Å². The number of aromatic nitrogens is 1. The first-order valence-electron chi connectivity index (χ1n) is 5.90. The number of nitrogens with two attached hydrogens (primary N) is 1. The molecule has 0 saturated heterocycles. The number of carbonyl (C=O) groups is 2. The Morgan fingerprint density at radius 2 is 2.00 bits per heavy atom. The SMILES string of the molecule is CC(C)(NC(=O)c1cnc(OCC(F)(F)F)c(Cl)c1)C(N)=O. The monoisotopic (exact) mass is 339 g/mol. The molecule has 0 aliphatic heterocycles. The van der Waals surface area contributed by atoms with Crippen molar-refractivity contribution in [3.8, 4) is 5.88 Å². The summed E-state index contributed by atoms with van der Waals surface area (Å²) in [6.45, 7) is 1.23. The molecule has 0 aliphatic carbocycles. The Kier molecular flexibility index (Phi) is 5.23. The molecule has 3 N–H and O–H groups in total. The number of rotatable bonds is 5. The summed E-state index contributed by atoms with van der Waals surface area (Å²) in [4.78, 5) is 26.6. The third-order valence-electron chi connectivity index (χ3n) is 2.48. The van der Waals surface area contributed by atoms with E-state index in [1.54, 1.807) is 0 Å². The van der Waals surface area contributed by atoms with Crippen molar-refractivity contribution in [1.29, 1.82) is 0 Å². The molecule has 10 heteroatoms. The Bertz CT molecular complexity index is 591. The fourth-order valence-corrected chi connectivity index (χ4v) is 1.44. The van der Waals surface area contributed by atoms with Crippen molar-refractivity contribution in [2.45, 2.75) is 25.6 Å². The van der Waals surface area contributed by atoms with Crippen molar-refractivity contribution in [1.82, 2.24) is 10.3 Å². The fraction of sp³-hybridized carbons (Fsp3) is 0.417. The van der Waals surface area contributed by atoms with Crippen molar-refractivity contribution >= 4 is 23.4 Å². The van der Waals surface area contributed by atoms with Gasteiger partial charge in [0.25, 0.3) is 5.91 Å². The van der Waals surface area contributed by atoms with Crippen LogP contribution in [0, 0.1) is 0 Å². The summed E-state index contributed by atoms with van der Waals surface area (Å²) >= 11 is 5.71. The van der Waals surface area contributed by atoms with Gasteiger partial charge in [0.15, 0.2) is 6.61 Å². The zero-order valence-corrected chi connectivity index (χ0v) is 12.4. The van der Waals surface area contributed by atoms with Gasteiger partial charge < -0.3 is 15.8 Å². The van der Waals surface area contributed by atoms with E-state index in [0.29, 0.717) is 0 Å². The predicted octanol–water partition coefficient (Wildman–Crippen LogP) is 1.67. The summed E-state index contributed by atoms with van der Waals surface area (Å²) in [5.74, 6) is -1.92.